The molecule has 1 N–H and O–H groups in total. The zero-order chi connectivity index (χ0) is 25.1. The van der Waals surface area contributed by atoms with E-state index in [1.807, 2.05) is 60.5 Å². The number of nitrogens with zero attached hydrogens (tertiary/aromatic N) is 4. The number of likely N-dealkylation sites (tertiary alicyclic amines) is 1. The number of hydrogen-bond acceptors (Lipinski definition) is 5. The molecule has 1 saturated heterocycles. The highest BCUT2D eigenvalue weighted by atomic mass is 32.1. The highest BCUT2D eigenvalue weighted by molar-refractivity contribution is 7.15. The van der Waals surface area contributed by atoms with Crippen molar-refractivity contribution in [3.63, 3.8) is 0 Å². The fourth-order valence-corrected chi connectivity index (χ4v) is 6.49. The first-order valence-electron chi connectivity index (χ1n) is 12.4. The molecule has 3 unspecified atom stereocenters. The molecule has 1 saturated carbocycles. The second kappa shape index (κ2) is 8.55. The number of fused-ring (bicyclic) bond motifs is 2. The smallest absolute Gasteiger partial charge is 0.274 e. The molecule has 36 heavy (non-hydrogen) atoms. The van der Waals surface area contributed by atoms with Crippen LogP contribution in [0.25, 0.3) is 16.1 Å². The van der Waals surface area contributed by atoms with Gasteiger partial charge >= 0.3 is 0 Å². The molecule has 7 nitrogen and oxygen atoms in total. The van der Waals surface area contributed by atoms with Gasteiger partial charge in [0.1, 0.15) is 17.0 Å². The van der Waals surface area contributed by atoms with Crippen LogP contribution < -0.4 is 5.32 Å². The van der Waals surface area contributed by atoms with Gasteiger partial charge in [-0.1, -0.05) is 35.9 Å². The molecule has 3 aromatic heterocycles. The van der Waals surface area contributed by atoms with Crippen LogP contribution in [0.2, 0.25) is 0 Å². The molecule has 6 rings (SSSR count). The van der Waals surface area contributed by atoms with E-state index in [4.69, 9.17) is 0 Å². The number of carbonyl (C=O) groups is 2. The van der Waals surface area contributed by atoms with Gasteiger partial charge in [0.15, 0.2) is 0 Å². The topological polar surface area (TPSA) is 79.6 Å². The number of nitrogens with one attached hydrogen (secondary N) is 1. The summed E-state index contributed by atoms with van der Waals surface area (Å²) in [4.78, 5) is 39.1. The van der Waals surface area contributed by atoms with E-state index >= 15 is 0 Å². The molecular weight excluding hydrogens is 470 g/mol. The van der Waals surface area contributed by atoms with Gasteiger partial charge in [-0.2, -0.15) is 0 Å². The number of hydrogen-bond donors (Lipinski definition) is 1. The molecule has 4 heterocycles. The Morgan fingerprint density at radius 1 is 1.08 bits per heavy atom. The minimum Gasteiger partial charge on any atom is -0.349 e. The van der Waals surface area contributed by atoms with Gasteiger partial charge in [-0.25, -0.2) is 9.97 Å². The van der Waals surface area contributed by atoms with Gasteiger partial charge in [-0.15, -0.1) is 11.3 Å². The maximum atomic E-state index is 13.8. The van der Waals surface area contributed by atoms with Gasteiger partial charge in [0.2, 0.25) is 0 Å². The second-order valence-electron chi connectivity index (χ2n) is 10.2. The molecule has 1 aliphatic heterocycles. The number of imidazole rings is 1. The summed E-state index contributed by atoms with van der Waals surface area (Å²) in [6.45, 7) is 9.00. The maximum Gasteiger partial charge on any atom is 0.274 e. The van der Waals surface area contributed by atoms with Crippen LogP contribution in [0.5, 0.6) is 0 Å². The Bertz CT molecular complexity index is 1520. The van der Waals surface area contributed by atoms with Crippen LogP contribution in [0.15, 0.2) is 42.6 Å². The summed E-state index contributed by atoms with van der Waals surface area (Å²) in [6, 6.07) is 12.1. The Hall–Kier alpha value is -3.52. The monoisotopic (exact) mass is 499 g/mol. The molecule has 3 atom stereocenters. The largest absolute Gasteiger partial charge is 0.349 e. The predicted molar refractivity (Wildman–Crippen MR) is 140 cm³/mol. The Labute approximate surface area is 214 Å². The Morgan fingerprint density at radius 3 is 2.72 bits per heavy atom. The summed E-state index contributed by atoms with van der Waals surface area (Å²) >= 11 is 1.56. The molecule has 2 fully saturated rings. The lowest BCUT2D eigenvalue weighted by Crippen LogP contribution is -2.46. The fourth-order valence-electron chi connectivity index (χ4n) is 5.58. The van der Waals surface area contributed by atoms with Crippen molar-refractivity contribution in [1.29, 1.82) is 0 Å². The van der Waals surface area contributed by atoms with Crippen molar-refractivity contribution >= 4 is 28.8 Å². The summed E-state index contributed by atoms with van der Waals surface area (Å²) in [5.74, 6) is 0.746. The third kappa shape index (κ3) is 3.89. The lowest BCUT2D eigenvalue weighted by Gasteiger charge is -2.27. The molecule has 4 aromatic rings. The molecule has 0 radical (unpaired) electrons. The number of piperidine rings is 1. The number of aromatic nitrogens is 3. The molecule has 184 valence electrons. The molecule has 0 spiro atoms. The highest BCUT2D eigenvalue weighted by Crippen LogP contribution is 2.50. The normalized spacial score (nSPS) is 20.6. The molecular formula is C28H29N5O2S. The van der Waals surface area contributed by atoms with Gasteiger partial charge < -0.3 is 10.2 Å². The number of amides is 2. The molecule has 1 aliphatic carbocycles. The van der Waals surface area contributed by atoms with Gasteiger partial charge in [0.05, 0.1) is 21.6 Å². The zero-order valence-electron chi connectivity index (χ0n) is 20.9. The molecule has 2 aliphatic rings. The minimum absolute atomic E-state index is 0.0277. The third-order valence-corrected chi connectivity index (χ3v) is 8.43. The van der Waals surface area contributed by atoms with E-state index < -0.39 is 0 Å². The van der Waals surface area contributed by atoms with Crippen LogP contribution >= 0.6 is 11.3 Å². The van der Waals surface area contributed by atoms with Crippen LogP contribution in [-0.2, 0) is 0 Å². The van der Waals surface area contributed by atoms with Crippen LogP contribution in [0, 0.1) is 39.5 Å². The van der Waals surface area contributed by atoms with Crippen molar-refractivity contribution in [3.05, 3.63) is 75.8 Å². The first-order valence-corrected chi connectivity index (χ1v) is 13.2. The summed E-state index contributed by atoms with van der Waals surface area (Å²) < 4.78 is 1.85. The first kappa shape index (κ1) is 22.9. The van der Waals surface area contributed by atoms with E-state index in [0.29, 0.717) is 35.5 Å². The number of aryl methyl sites for hydroxylation is 4. The SMILES string of the molecule is Cc1cccc(-c2sc(C)nc2C(=O)N2CC3CC3C2CNC(=O)c2c(C)nc3ccc(C)cn23)c1. The highest BCUT2D eigenvalue weighted by Gasteiger charge is 2.54. The number of pyridine rings is 1. The molecule has 8 heteroatoms. The van der Waals surface area contributed by atoms with E-state index in [2.05, 4.69) is 34.3 Å². The van der Waals surface area contributed by atoms with Crippen LogP contribution in [0.4, 0.5) is 0 Å². The lowest BCUT2D eigenvalue weighted by molar-refractivity contribution is 0.0690. The van der Waals surface area contributed by atoms with Gasteiger partial charge in [0, 0.05) is 19.3 Å². The first-order chi connectivity index (χ1) is 17.3. The maximum absolute atomic E-state index is 13.8. The Morgan fingerprint density at radius 2 is 1.92 bits per heavy atom. The van der Waals surface area contributed by atoms with Crippen LogP contribution in [-0.4, -0.2) is 50.2 Å². The summed E-state index contributed by atoms with van der Waals surface area (Å²) in [5, 5.41) is 4.00. The van der Waals surface area contributed by atoms with E-state index in [1.165, 1.54) is 0 Å². The summed E-state index contributed by atoms with van der Waals surface area (Å²) in [5.41, 5.74) is 5.76. The second-order valence-corrected chi connectivity index (χ2v) is 11.4. The van der Waals surface area contributed by atoms with E-state index in [9.17, 15) is 9.59 Å². The summed E-state index contributed by atoms with van der Waals surface area (Å²) in [6.07, 6.45) is 3.04. The average molecular weight is 500 g/mol. The van der Waals surface area contributed by atoms with Crippen molar-refractivity contribution < 1.29 is 9.59 Å². The van der Waals surface area contributed by atoms with Crippen molar-refractivity contribution in [2.75, 3.05) is 13.1 Å². The molecule has 0 bridgehead atoms. The Kier molecular flexibility index (Phi) is 5.44. The van der Waals surface area contributed by atoms with Crippen LogP contribution in [0.1, 0.15) is 49.2 Å². The van der Waals surface area contributed by atoms with Gasteiger partial charge in [-0.05, 0) is 63.1 Å². The van der Waals surface area contributed by atoms with Gasteiger partial charge in [0.25, 0.3) is 11.8 Å². The van der Waals surface area contributed by atoms with Crippen molar-refractivity contribution in [3.8, 4) is 10.4 Å². The zero-order valence-corrected chi connectivity index (χ0v) is 21.7. The number of carbonyl (C=O) groups excluding carboxylic acids is 2. The van der Waals surface area contributed by atoms with Crippen molar-refractivity contribution in [2.45, 2.75) is 40.2 Å². The molecule has 2 amide bonds. The Balaban J connectivity index is 1.24. The van der Waals surface area contributed by atoms with E-state index in [0.717, 1.165) is 45.2 Å². The molecule has 1 aromatic carbocycles. The number of rotatable bonds is 5. The van der Waals surface area contributed by atoms with Crippen molar-refractivity contribution in [2.24, 2.45) is 11.8 Å². The average Bonchev–Trinajstić information content (AvgIpc) is 3.17. The van der Waals surface area contributed by atoms with Gasteiger partial charge in [-0.3, -0.25) is 14.0 Å². The minimum atomic E-state index is -0.160. The van der Waals surface area contributed by atoms with E-state index in [1.54, 1.807) is 11.3 Å². The summed E-state index contributed by atoms with van der Waals surface area (Å²) in [7, 11) is 0. The predicted octanol–water partition coefficient (Wildman–Crippen LogP) is 4.58. The van der Waals surface area contributed by atoms with Crippen LogP contribution in [0.3, 0.4) is 0 Å². The fraction of sp³-hybridized carbons (Fsp3) is 0.357. The third-order valence-electron chi connectivity index (χ3n) is 7.41. The standard InChI is InChI=1S/C28H29N5O2S/c1-15-6-5-7-19(10-15)26-24(31-18(4)36-26)28(35)32-14-20-11-21(20)22(32)12-29-27(34)25-17(3)30-23-9-8-16(2)13-33(23)25/h5-10,13,20-22H,11-12,14H2,1-4H3,(H,29,34). The van der Waals surface area contributed by atoms with E-state index in [-0.39, 0.29) is 17.9 Å². The lowest BCUT2D eigenvalue weighted by atomic mass is 10.1. The van der Waals surface area contributed by atoms with Crippen molar-refractivity contribution in [1.82, 2.24) is 24.6 Å². The quantitative estimate of drug-likeness (QED) is 0.436. The number of benzene rings is 1. The number of thiazole rings is 1.